The topological polar surface area (TPSA) is 20.3 Å². The molecule has 0 fully saturated rings. The number of alkyl halides is 3. The maximum atomic E-state index is 12.5. The van der Waals surface area contributed by atoms with Crippen molar-refractivity contribution in [2.45, 2.75) is 25.8 Å². The average Bonchev–Trinajstić information content (AvgIpc) is 2.15. The predicted octanol–water partition coefficient (Wildman–Crippen LogP) is 3.42. The van der Waals surface area contributed by atoms with Crippen LogP contribution in [0.15, 0.2) is 30.3 Å². The highest BCUT2D eigenvalue weighted by molar-refractivity contribution is 6.83. The Bertz CT molecular complexity index is 397. The van der Waals surface area contributed by atoms with Gasteiger partial charge in [-0.2, -0.15) is 13.2 Å². The average molecular weight is 261 g/mol. The molecule has 1 rings (SSSR count). The molecule has 0 unspecified atom stereocenters. The smallest absolute Gasteiger partial charge is 0.333 e. The van der Waals surface area contributed by atoms with Crippen molar-refractivity contribution in [3.05, 3.63) is 30.3 Å². The summed E-state index contributed by atoms with van der Waals surface area (Å²) in [4.78, 5) is 11.4. The Hall–Kier alpha value is -1.30. The molecule has 1 aromatic carbocycles. The van der Waals surface area contributed by atoms with Crippen LogP contribution in [0.5, 0.6) is 0 Å². The summed E-state index contributed by atoms with van der Waals surface area (Å²) in [5.41, 5.74) is 0.300. The van der Waals surface area contributed by atoms with E-state index in [0.29, 0.717) is 5.69 Å². The first-order chi connectivity index (χ1) is 7.64. The lowest BCUT2D eigenvalue weighted by Gasteiger charge is -2.34. The number of para-hydroxylation sites is 1. The van der Waals surface area contributed by atoms with Gasteiger partial charge in [0.2, 0.25) is 0 Å². The zero-order valence-corrected chi connectivity index (χ0v) is 10.9. The van der Waals surface area contributed by atoms with E-state index in [1.54, 1.807) is 37.8 Å². The van der Waals surface area contributed by atoms with Gasteiger partial charge in [-0.1, -0.05) is 37.8 Å². The monoisotopic (exact) mass is 261 g/mol. The van der Waals surface area contributed by atoms with E-state index in [1.807, 2.05) is 0 Å². The standard InChI is InChI=1S/C11H14F3NOSi/c1-17(2,3)15(10(16)11(12,13)14)9-7-5-4-6-8-9/h4-8H,1-3H3. The second-order valence-corrected chi connectivity index (χ2v) is 9.43. The van der Waals surface area contributed by atoms with E-state index in [4.69, 9.17) is 0 Å². The second kappa shape index (κ2) is 4.52. The zero-order chi connectivity index (χ0) is 13.3. The summed E-state index contributed by atoms with van der Waals surface area (Å²) >= 11 is 0. The maximum absolute atomic E-state index is 12.5. The molecule has 1 amide bonds. The van der Waals surface area contributed by atoms with Crippen molar-refractivity contribution in [2.24, 2.45) is 0 Å². The molecule has 0 aliphatic carbocycles. The first-order valence-electron chi connectivity index (χ1n) is 5.10. The third-order valence-electron chi connectivity index (χ3n) is 2.13. The van der Waals surface area contributed by atoms with Gasteiger partial charge in [0, 0.05) is 5.69 Å². The highest BCUT2D eigenvalue weighted by Gasteiger charge is 2.46. The first-order valence-corrected chi connectivity index (χ1v) is 8.55. The molecule has 2 nitrogen and oxygen atoms in total. The van der Waals surface area contributed by atoms with E-state index < -0.39 is 20.3 Å². The lowest BCUT2D eigenvalue weighted by molar-refractivity contribution is -0.169. The summed E-state index contributed by atoms with van der Waals surface area (Å²) < 4.78 is 38.5. The van der Waals surface area contributed by atoms with Crippen LogP contribution in [0.1, 0.15) is 0 Å². The number of carbonyl (C=O) groups excluding carboxylic acids is 1. The van der Waals surface area contributed by atoms with E-state index in [9.17, 15) is 18.0 Å². The van der Waals surface area contributed by atoms with Crippen LogP contribution in [0.3, 0.4) is 0 Å². The summed E-state index contributed by atoms with van der Waals surface area (Å²) in [5, 5.41) is 0. The number of hydrogen-bond acceptors (Lipinski definition) is 1. The Morgan fingerprint density at radius 3 is 1.94 bits per heavy atom. The summed E-state index contributed by atoms with van der Waals surface area (Å²) in [6.45, 7) is 5.09. The number of hydrogen-bond donors (Lipinski definition) is 0. The van der Waals surface area contributed by atoms with E-state index >= 15 is 0 Å². The molecule has 0 saturated heterocycles. The van der Waals surface area contributed by atoms with Gasteiger partial charge in [0.15, 0.2) is 8.24 Å². The van der Waals surface area contributed by atoms with Gasteiger partial charge in [0.25, 0.3) is 0 Å². The molecule has 94 valence electrons. The van der Waals surface area contributed by atoms with Gasteiger partial charge >= 0.3 is 12.1 Å². The van der Waals surface area contributed by atoms with Crippen molar-refractivity contribution < 1.29 is 18.0 Å². The summed E-state index contributed by atoms with van der Waals surface area (Å²) in [5.74, 6) is -1.79. The molecular formula is C11H14F3NOSi. The van der Waals surface area contributed by atoms with E-state index in [2.05, 4.69) is 0 Å². The Morgan fingerprint density at radius 1 is 1.12 bits per heavy atom. The van der Waals surface area contributed by atoms with E-state index in [0.717, 1.165) is 4.57 Å². The van der Waals surface area contributed by atoms with Crippen LogP contribution in [-0.4, -0.2) is 20.3 Å². The van der Waals surface area contributed by atoms with Crippen molar-refractivity contribution >= 4 is 19.8 Å². The fraction of sp³-hybridized carbons (Fsp3) is 0.364. The van der Waals surface area contributed by atoms with E-state index in [1.165, 1.54) is 12.1 Å². The minimum absolute atomic E-state index is 0.300. The molecule has 1 aromatic rings. The van der Waals surface area contributed by atoms with Gasteiger partial charge in [0.1, 0.15) is 0 Å². The molecule has 0 heterocycles. The molecule has 0 radical (unpaired) electrons. The lowest BCUT2D eigenvalue weighted by atomic mass is 10.3. The van der Waals surface area contributed by atoms with Gasteiger partial charge in [-0.3, -0.25) is 4.79 Å². The molecule has 17 heavy (non-hydrogen) atoms. The molecule has 0 atom stereocenters. The largest absolute Gasteiger partial charge is 0.470 e. The highest BCUT2D eigenvalue weighted by Crippen LogP contribution is 2.28. The van der Waals surface area contributed by atoms with Gasteiger partial charge in [-0.25, -0.2) is 0 Å². The minimum Gasteiger partial charge on any atom is -0.333 e. The van der Waals surface area contributed by atoms with Gasteiger partial charge in [-0.15, -0.1) is 0 Å². The van der Waals surface area contributed by atoms with Crippen LogP contribution in [0.25, 0.3) is 0 Å². The third-order valence-corrected chi connectivity index (χ3v) is 3.93. The van der Waals surface area contributed by atoms with Crippen molar-refractivity contribution in [1.29, 1.82) is 0 Å². The van der Waals surface area contributed by atoms with Crippen LogP contribution in [0, 0.1) is 0 Å². The predicted molar refractivity (Wildman–Crippen MR) is 63.3 cm³/mol. The number of amides is 1. The number of rotatable bonds is 2. The SMILES string of the molecule is C[Si](C)(C)N(C(=O)C(F)(F)F)c1ccccc1. The van der Waals surface area contributed by atoms with Crippen molar-refractivity contribution in [1.82, 2.24) is 0 Å². The van der Waals surface area contributed by atoms with E-state index in [-0.39, 0.29) is 0 Å². The fourth-order valence-corrected chi connectivity index (χ4v) is 3.17. The number of anilines is 1. The number of benzene rings is 1. The number of halogens is 3. The Kier molecular flexibility index (Phi) is 3.66. The molecule has 6 heteroatoms. The van der Waals surface area contributed by atoms with Gasteiger partial charge in [0.05, 0.1) is 0 Å². The minimum atomic E-state index is -4.84. The summed E-state index contributed by atoms with van der Waals surface area (Å²) in [6.07, 6.45) is -4.84. The molecule has 0 N–H and O–H groups in total. The molecule has 0 spiro atoms. The Labute approximate surface area is 99.1 Å². The van der Waals surface area contributed by atoms with Crippen LogP contribution < -0.4 is 4.57 Å². The maximum Gasteiger partial charge on any atom is 0.470 e. The molecule has 0 bridgehead atoms. The van der Waals surface area contributed by atoms with Crippen LogP contribution in [0.4, 0.5) is 18.9 Å². The molecule has 0 aromatic heterocycles. The van der Waals surface area contributed by atoms with Crippen LogP contribution in [-0.2, 0) is 4.79 Å². The Morgan fingerprint density at radius 2 is 1.59 bits per heavy atom. The molecule has 0 saturated carbocycles. The van der Waals surface area contributed by atoms with Crippen molar-refractivity contribution in [2.75, 3.05) is 4.57 Å². The normalized spacial score (nSPS) is 12.4. The molecule has 0 aliphatic heterocycles. The van der Waals surface area contributed by atoms with Crippen LogP contribution >= 0.6 is 0 Å². The third kappa shape index (κ3) is 3.32. The first kappa shape index (κ1) is 13.8. The van der Waals surface area contributed by atoms with Crippen molar-refractivity contribution in [3.63, 3.8) is 0 Å². The van der Waals surface area contributed by atoms with Gasteiger partial charge in [-0.05, 0) is 12.1 Å². The van der Waals surface area contributed by atoms with Gasteiger partial charge < -0.3 is 4.57 Å². The summed E-state index contributed by atoms with van der Waals surface area (Å²) in [7, 11) is -2.44. The number of nitrogens with zero attached hydrogens (tertiary/aromatic N) is 1. The molecular weight excluding hydrogens is 247 g/mol. The zero-order valence-electron chi connectivity index (χ0n) is 9.88. The Balaban J connectivity index is 3.20. The second-order valence-electron chi connectivity index (χ2n) is 4.64. The van der Waals surface area contributed by atoms with Crippen LogP contribution in [0.2, 0.25) is 19.6 Å². The van der Waals surface area contributed by atoms with Crippen molar-refractivity contribution in [3.8, 4) is 0 Å². The quantitative estimate of drug-likeness (QED) is 0.747. The molecule has 0 aliphatic rings. The summed E-state index contributed by atoms with van der Waals surface area (Å²) in [6, 6.07) is 7.96. The fourth-order valence-electron chi connectivity index (χ4n) is 1.51. The number of carbonyl (C=O) groups is 1. The highest BCUT2D eigenvalue weighted by atomic mass is 28.3. The lowest BCUT2D eigenvalue weighted by Crippen LogP contribution is -2.54.